The molecule has 2 aromatic heterocycles. The molecular weight excluding hydrogens is 374 g/mol. The number of hydrogen-bond acceptors (Lipinski definition) is 7. The minimum atomic E-state index is -0.764. The first-order chi connectivity index (χ1) is 14.1. The molecule has 2 amide bonds. The zero-order valence-corrected chi connectivity index (χ0v) is 15.9. The molecule has 0 unspecified atom stereocenters. The molecule has 0 spiro atoms. The summed E-state index contributed by atoms with van der Waals surface area (Å²) in [6.45, 7) is 2.73. The summed E-state index contributed by atoms with van der Waals surface area (Å²) in [4.78, 5) is 21.2. The molecule has 0 aliphatic carbocycles. The molecule has 0 atom stereocenters. The first kappa shape index (κ1) is 18.9. The number of aromatic nitrogens is 3. The fraction of sp³-hybridized carbons (Fsp3) is 0.300. The van der Waals surface area contributed by atoms with Crippen LogP contribution in [0.1, 0.15) is 24.6 Å². The summed E-state index contributed by atoms with van der Waals surface area (Å²) >= 11 is 0. The van der Waals surface area contributed by atoms with Crippen LogP contribution in [0.2, 0.25) is 0 Å². The molecule has 4 rings (SSSR count). The Bertz CT molecular complexity index is 970. The third-order valence-electron chi connectivity index (χ3n) is 4.59. The second-order valence-corrected chi connectivity index (χ2v) is 6.72. The van der Waals surface area contributed by atoms with Gasteiger partial charge in [-0.05, 0) is 25.1 Å². The second-order valence-electron chi connectivity index (χ2n) is 6.72. The standard InChI is InChI=1S/C20H21N5O4/c1-14-22-18(29-25-14)20(8-11-27-12-9-20)24-19(26)23-15-7-10-21-17(13-15)28-16-5-3-2-4-6-16/h2-7,10,13H,8-9,11-12H2,1H3,(H2,21,23,24,26). The molecule has 1 aliphatic rings. The van der Waals surface area contributed by atoms with Crippen molar-refractivity contribution in [2.24, 2.45) is 0 Å². The normalized spacial score (nSPS) is 15.5. The van der Waals surface area contributed by atoms with Crippen LogP contribution in [0.25, 0.3) is 0 Å². The lowest BCUT2D eigenvalue weighted by atomic mass is 9.90. The average molecular weight is 395 g/mol. The van der Waals surface area contributed by atoms with Gasteiger partial charge in [0.15, 0.2) is 5.82 Å². The van der Waals surface area contributed by atoms with Gasteiger partial charge in [0.2, 0.25) is 5.88 Å². The number of urea groups is 1. The monoisotopic (exact) mass is 395 g/mol. The summed E-state index contributed by atoms with van der Waals surface area (Å²) in [5.41, 5.74) is -0.215. The van der Waals surface area contributed by atoms with E-state index in [1.807, 2.05) is 30.3 Å². The van der Waals surface area contributed by atoms with Crippen LogP contribution in [0.15, 0.2) is 53.2 Å². The van der Waals surface area contributed by atoms with Crippen molar-refractivity contribution in [3.63, 3.8) is 0 Å². The van der Waals surface area contributed by atoms with Crippen LogP contribution in [0.3, 0.4) is 0 Å². The molecule has 2 N–H and O–H groups in total. The molecule has 150 valence electrons. The lowest BCUT2D eigenvalue weighted by Crippen LogP contribution is -2.51. The van der Waals surface area contributed by atoms with Crippen LogP contribution in [-0.2, 0) is 10.3 Å². The quantitative estimate of drug-likeness (QED) is 0.681. The van der Waals surface area contributed by atoms with Crippen molar-refractivity contribution in [1.29, 1.82) is 0 Å². The zero-order valence-electron chi connectivity index (χ0n) is 15.9. The van der Waals surface area contributed by atoms with Crippen LogP contribution in [0.5, 0.6) is 11.6 Å². The van der Waals surface area contributed by atoms with Crippen molar-refractivity contribution in [2.75, 3.05) is 18.5 Å². The highest BCUT2D eigenvalue weighted by atomic mass is 16.5. The summed E-state index contributed by atoms with van der Waals surface area (Å²) in [6, 6.07) is 12.3. The molecule has 9 nitrogen and oxygen atoms in total. The van der Waals surface area contributed by atoms with Crippen molar-refractivity contribution < 1.29 is 18.8 Å². The van der Waals surface area contributed by atoms with E-state index in [0.717, 1.165) is 0 Å². The van der Waals surface area contributed by atoms with E-state index in [1.165, 1.54) is 0 Å². The highest BCUT2D eigenvalue weighted by Gasteiger charge is 2.41. The molecule has 1 saturated heterocycles. The van der Waals surface area contributed by atoms with E-state index in [9.17, 15) is 4.79 Å². The average Bonchev–Trinajstić information content (AvgIpc) is 3.17. The number of carbonyl (C=O) groups excluding carboxylic acids is 1. The van der Waals surface area contributed by atoms with Gasteiger partial charge in [0.05, 0.1) is 0 Å². The van der Waals surface area contributed by atoms with Crippen molar-refractivity contribution in [1.82, 2.24) is 20.4 Å². The maximum atomic E-state index is 12.7. The summed E-state index contributed by atoms with van der Waals surface area (Å²) < 4.78 is 16.5. The number of pyridine rings is 1. The van der Waals surface area contributed by atoms with E-state index in [-0.39, 0.29) is 6.03 Å². The van der Waals surface area contributed by atoms with Crippen LogP contribution >= 0.6 is 0 Å². The van der Waals surface area contributed by atoms with Gasteiger partial charge in [-0.2, -0.15) is 4.98 Å². The number of hydrogen-bond donors (Lipinski definition) is 2. The Morgan fingerprint density at radius 2 is 1.97 bits per heavy atom. The molecule has 0 radical (unpaired) electrons. The van der Waals surface area contributed by atoms with Crippen molar-refractivity contribution >= 4 is 11.7 Å². The summed E-state index contributed by atoms with van der Waals surface area (Å²) in [5, 5.41) is 9.66. The summed E-state index contributed by atoms with van der Waals surface area (Å²) in [6.07, 6.45) is 2.65. The highest BCUT2D eigenvalue weighted by molar-refractivity contribution is 5.89. The number of para-hydroxylation sites is 1. The molecule has 0 saturated carbocycles. The van der Waals surface area contributed by atoms with Gasteiger partial charge >= 0.3 is 6.03 Å². The highest BCUT2D eigenvalue weighted by Crippen LogP contribution is 2.31. The van der Waals surface area contributed by atoms with Crippen LogP contribution in [0.4, 0.5) is 10.5 Å². The van der Waals surface area contributed by atoms with E-state index >= 15 is 0 Å². The number of nitrogens with zero attached hydrogens (tertiary/aromatic N) is 3. The van der Waals surface area contributed by atoms with E-state index in [4.69, 9.17) is 14.0 Å². The molecule has 29 heavy (non-hydrogen) atoms. The largest absolute Gasteiger partial charge is 0.439 e. The number of rotatable bonds is 5. The number of amides is 2. The van der Waals surface area contributed by atoms with Gasteiger partial charge < -0.3 is 24.6 Å². The van der Waals surface area contributed by atoms with E-state index in [0.29, 0.717) is 55.1 Å². The Balaban J connectivity index is 1.46. The number of benzene rings is 1. The van der Waals surface area contributed by atoms with Gasteiger partial charge in [-0.1, -0.05) is 23.4 Å². The van der Waals surface area contributed by atoms with Gasteiger partial charge in [0.1, 0.15) is 11.3 Å². The molecule has 1 aromatic carbocycles. The van der Waals surface area contributed by atoms with Gasteiger partial charge in [-0.15, -0.1) is 0 Å². The Morgan fingerprint density at radius 3 is 2.69 bits per heavy atom. The minimum Gasteiger partial charge on any atom is -0.439 e. The smallest absolute Gasteiger partial charge is 0.320 e. The molecule has 3 heterocycles. The molecule has 3 aromatic rings. The third kappa shape index (κ3) is 4.52. The topological polar surface area (TPSA) is 111 Å². The number of ether oxygens (including phenoxy) is 2. The second kappa shape index (κ2) is 8.27. The first-order valence-corrected chi connectivity index (χ1v) is 9.30. The van der Waals surface area contributed by atoms with E-state index in [2.05, 4.69) is 25.8 Å². The molecule has 9 heteroatoms. The summed E-state index contributed by atoms with van der Waals surface area (Å²) in [7, 11) is 0. The Kier molecular flexibility index (Phi) is 5.39. The molecule has 1 aliphatic heterocycles. The predicted octanol–water partition coefficient (Wildman–Crippen LogP) is 3.39. The Morgan fingerprint density at radius 1 is 1.17 bits per heavy atom. The van der Waals surface area contributed by atoms with Gasteiger partial charge in [0.25, 0.3) is 5.89 Å². The van der Waals surface area contributed by atoms with Crippen LogP contribution in [0, 0.1) is 6.92 Å². The summed E-state index contributed by atoms with van der Waals surface area (Å²) in [5.74, 6) is 1.94. The number of nitrogens with one attached hydrogen (secondary N) is 2. The van der Waals surface area contributed by atoms with Crippen molar-refractivity contribution in [3.05, 3.63) is 60.4 Å². The minimum absolute atomic E-state index is 0.377. The van der Waals surface area contributed by atoms with Crippen molar-refractivity contribution in [3.8, 4) is 11.6 Å². The zero-order chi connectivity index (χ0) is 20.1. The number of anilines is 1. The molecular formula is C20H21N5O4. The van der Waals surface area contributed by atoms with Gasteiger partial charge in [-0.25, -0.2) is 9.78 Å². The predicted molar refractivity (Wildman–Crippen MR) is 104 cm³/mol. The van der Waals surface area contributed by atoms with E-state index < -0.39 is 5.54 Å². The maximum Gasteiger partial charge on any atom is 0.320 e. The first-order valence-electron chi connectivity index (χ1n) is 9.30. The Hall–Kier alpha value is -3.46. The van der Waals surface area contributed by atoms with Crippen molar-refractivity contribution in [2.45, 2.75) is 25.3 Å². The third-order valence-corrected chi connectivity index (χ3v) is 4.59. The fourth-order valence-corrected chi connectivity index (χ4v) is 3.14. The Labute approximate surface area is 167 Å². The maximum absolute atomic E-state index is 12.7. The van der Waals surface area contributed by atoms with Crippen LogP contribution < -0.4 is 15.4 Å². The van der Waals surface area contributed by atoms with Crippen LogP contribution in [-0.4, -0.2) is 34.4 Å². The van der Waals surface area contributed by atoms with Gasteiger partial charge in [0, 0.05) is 44.0 Å². The van der Waals surface area contributed by atoms with Gasteiger partial charge in [-0.3, -0.25) is 0 Å². The van der Waals surface area contributed by atoms with E-state index in [1.54, 1.807) is 25.3 Å². The molecule has 1 fully saturated rings. The SMILES string of the molecule is Cc1noc(C2(NC(=O)Nc3ccnc(Oc4ccccc4)c3)CCOCC2)n1. The lowest BCUT2D eigenvalue weighted by molar-refractivity contribution is 0.0285. The molecule has 0 bridgehead atoms. The number of aryl methyl sites for hydroxylation is 1. The lowest BCUT2D eigenvalue weighted by Gasteiger charge is -2.34. The fourth-order valence-electron chi connectivity index (χ4n) is 3.14. The number of carbonyl (C=O) groups is 1.